The van der Waals surface area contributed by atoms with E-state index in [1.54, 1.807) is 27.3 Å². The highest BCUT2D eigenvalue weighted by Gasteiger charge is 2.07. The van der Waals surface area contributed by atoms with E-state index in [4.69, 9.17) is 9.15 Å². The number of fused-ring (bicyclic) bond motifs is 1. The number of hydrogen-bond donors (Lipinski definition) is 0. The van der Waals surface area contributed by atoms with Gasteiger partial charge in [0.25, 0.3) is 0 Å². The molecule has 1 aromatic carbocycles. The number of para-hydroxylation sites is 1. The first-order valence-electron chi connectivity index (χ1n) is 5.57. The van der Waals surface area contributed by atoms with E-state index < -0.39 is 0 Å². The van der Waals surface area contributed by atoms with Gasteiger partial charge in [0.15, 0.2) is 11.3 Å². The SMILES string of the molecule is COc1cccc2cc(/C=C/C(=O)N(C)C)oc12. The largest absolute Gasteiger partial charge is 0.493 e. The fourth-order valence-electron chi connectivity index (χ4n) is 1.60. The smallest absolute Gasteiger partial charge is 0.246 e. The second-order valence-corrected chi connectivity index (χ2v) is 4.09. The van der Waals surface area contributed by atoms with Gasteiger partial charge in [-0.1, -0.05) is 12.1 Å². The number of nitrogens with zero attached hydrogens (tertiary/aromatic N) is 1. The minimum absolute atomic E-state index is 0.0811. The normalized spacial score (nSPS) is 11.1. The minimum atomic E-state index is -0.0811. The van der Waals surface area contributed by atoms with E-state index >= 15 is 0 Å². The van der Waals surface area contributed by atoms with Crippen molar-refractivity contribution in [3.63, 3.8) is 0 Å². The molecule has 1 aromatic heterocycles. The van der Waals surface area contributed by atoms with E-state index in [1.807, 2.05) is 24.3 Å². The number of carbonyl (C=O) groups is 1. The zero-order chi connectivity index (χ0) is 13.1. The highest BCUT2D eigenvalue weighted by atomic mass is 16.5. The fourth-order valence-corrected chi connectivity index (χ4v) is 1.60. The van der Waals surface area contributed by atoms with Crippen LogP contribution >= 0.6 is 0 Å². The van der Waals surface area contributed by atoms with Gasteiger partial charge in [-0.2, -0.15) is 0 Å². The second-order valence-electron chi connectivity index (χ2n) is 4.09. The third kappa shape index (κ3) is 2.37. The van der Waals surface area contributed by atoms with Crippen LogP contribution in [-0.4, -0.2) is 32.0 Å². The fraction of sp³-hybridized carbons (Fsp3) is 0.214. The molecule has 1 amide bonds. The van der Waals surface area contributed by atoms with Gasteiger partial charge in [-0.3, -0.25) is 4.79 Å². The van der Waals surface area contributed by atoms with E-state index in [1.165, 1.54) is 11.0 Å². The van der Waals surface area contributed by atoms with E-state index in [9.17, 15) is 4.79 Å². The lowest BCUT2D eigenvalue weighted by Crippen LogP contribution is -2.18. The first-order valence-corrected chi connectivity index (χ1v) is 5.57. The molecule has 0 spiro atoms. The molecule has 0 atom stereocenters. The molecule has 0 N–H and O–H groups in total. The highest BCUT2D eigenvalue weighted by Crippen LogP contribution is 2.28. The number of methoxy groups -OCH3 is 1. The van der Waals surface area contributed by atoms with Crippen LogP contribution < -0.4 is 4.74 Å². The van der Waals surface area contributed by atoms with Gasteiger partial charge < -0.3 is 14.1 Å². The van der Waals surface area contributed by atoms with Crippen molar-refractivity contribution < 1.29 is 13.9 Å². The lowest BCUT2D eigenvalue weighted by Gasteiger charge is -2.04. The van der Waals surface area contributed by atoms with Crippen molar-refractivity contribution in [3.05, 3.63) is 36.1 Å². The number of rotatable bonds is 3. The Bertz CT molecular complexity index is 596. The molecule has 2 rings (SSSR count). The van der Waals surface area contributed by atoms with Gasteiger partial charge in [0.05, 0.1) is 7.11 Å². The summed E-state index contributed by atoms with van der Waals surface area (Å²) >= 11 is 0. The molecule has 94 valence electrons. The molecule has 0 saturated heterocycles. The predicted molar refractivity (Wildman–Crippen MR) is 70.5 cm³/mol. The molecule has 4 nitrogen and oxygen atoms in total. The summed E-state index contributed by atoms with van der Waals surface area (Å²) in [5, 5.41) is 0.950. The van der Waals surface area contributed by atoms with Crippen molar-refractivity contribution in [2.75, 3.05) is 21.2 Å². The summed E-state index contributed by atoms with van der Waals surface area (Å²) in [6, 6.07) is 7.54. The van der Waals surface area contributed by atoms with Gasteiger partial charge in [0.2, 0.25) is 5.91 Å². The molecular formula is C14H15NO3. The van der Waals surface area contributed by atoms with Gasteiger partial charge in [0.1, 0.15) is 5.76 Å². The van der Waals surface area contributed by atoms with Crippen LogP contribution in [0.4, 0.5) is 0 Å². The Hall–Kier alpha value is -2.23. The third-order valence-electron chi connectivity index (χ3n) is 2.58. The summed E-state index contributed by atoms with van der Waals surface area (Å²) in [7, 11) is 5.01. The van der Waals surface area contributed by atoms with Crippen molar-refractivity contribution in [1.29, 1.82) is 0 Å². The van der Waals surface area contributed by atoms with E-state index in [0.717, 1.165) is 5.39 Å². The van der Waals surface area contributed by atoms with Crippen molar-refractivity contribution in [1.82, 2.24) is 4.90 Å². The van der Waals surface area contributed by atoms with Crippen LogP contribution in [0, 0.1) is 0 Å². The van der Waals surface area contributed by atoms with Crippen LogP contribution in [0.15, 0.2) is 34.8 Å². The van der Waals surface area contributed by atoms with Gasteiger partial charge in [-0.05, 0) is 18.2 Å². The maximum atomic E-state index is 11.4. The number of amides is 1. The molecule has 18 heavy (non-hydrogen) atoms. The second kappa shape index (κ2) is 4.96. The quantitative estimate of drug-likeness (QED) is 0.780. The molecule has 0 radical (unpaired) electrons. The number of likely N-dealkylation sites (N-methyl/N-ethyl adjacent to an activating group) is 1. The average Bonchev–Trinajstić information content (AvgIpc) is 2.78. The van der Waals surface area contributed by atoms with Gasteiger partial charge in [-0.15, -0.1) is 0 Å². The highest BCUT2D eigenvalue weighted by molar-refractivity contribution is 5.92. The summed E-state index contributed by atoms with van der Waals surface area (Å²) in [6.45, 7) is 0. The Balaban J connectivity index is 2.33. The molecule has 2 aromatic rings. The van der Waals surface area contributed by atoms with Crippen LogP contribution in [0.1, 0.15) is 5.76 Å². The zero-order valence-corrected chi connectivity index (χ0v) is 10.6. The Morgan fingerprint density at radius 3 is 2.83 bits per heavy atom. The molecule has 0 saturated carbocycles. The molecule has 4 heteroatoms. The van der Waals surface area contributed by atoms with Crippen LogP contribution in [0.2, 0.25) is 0 Å². The summed E-state index contributed by atoms with van der Waals surface area (Å²) < 4.78 is 10.8. The number of furan rings is 1. The average molecular weight is 245 g/mol. The first kappa shape index (κ1) is 12.2. The van der Waals surface area contributed by atoms with Crippen molar-refractivity contribution >= 4 is 23.0 Å². The molecular weight excluding hydrogens is 230 g/mol. The number of carbonyl (C=O) groups excluding carboxylic acids is 1. The molecule has 0 fully saturated rings. The number of ether oxygens (including phenoxy) is 1. The Labute approximate surface area is 105 Å². The van der Waals surface area contributed by atoms with Crippen molar-refractivity contribution in [2.45, 2.75) is 0 Å². The number of benzene rings is 1. The molecule has 0 aliphatic heterocycles. The zero-order valence-electron chi connectivity index (χ0n) is 10.6. The van der Waals surface area contributed by atoms with Crippen LogP contribution in [0.3, 0.4) is 0 Å². The molecule has 0 aliphatic rings. The minimum Gasteiger partial charge on any atom is -0.493 e. The monoisotopic (exact) mass is 245 g/mol. The van der Waals surface area contributed by atoms with Crippen LogP contribution in [0.5, 0.6) is 5.75 Å². The molecule has 0 aliphatic carbocycles. The summed E-state index contributed by atoms with van der Waals surface area (Å²) in [4.78, 5) is 12.9. The summed E-state index contributed by atoms with van der Waals surface area (Å²) in [6.07, 6.45) is 3.13. The predicted octanol–water partition coefficient (Wildman–Crippen LogP) is 2.54. The van der Waals surface area contributed by atoms with E-state index in [2.05, 4.69) is 0 Å². The van der Waals surface area contributed by atoms with E-state index in [0.29, 0.717) is 17.1 Å². The Morgan fingerprint density at radius 2 is 2.17 bits per heavy atom. The van der Waals surface area contributed by atoms with E-state index in [-0.39, 0.29) is 5.91 Å². The van der Waals surface area contributed by atoms with Gasteiger partial charge in [0, 0.05) is 25.6 Å². The first-order chi connectivity index (χ1) is 8.61. The van der Waals surface area contributed by atoms with Crippen molar-refractivity contribution in [3.8, 4) is 5.75 Å². The maximum Gasteiger partial charge on any atom is 0.246 e. The molecule has 0 unspecified atom stereocenters. The number of hydrogen-bond acceptors (Lipinski definition) is 3. The lowest BCUT2D eigenvalue weighted by molar-refractivity contribution is -0.123. The molecule has 0 bridgehead atoms. The standard InChI is InChI=1S/C14H15NO3/c1-15(2)13(16)8-7-11-9-10-5-4-6-12(17-3)14(10)18-11/h4-9H,1-3H3/b8-7+. The topological polar surface area (TPSA) is 42.7 Å². The van der Waals surface area contributed by atoms with Crippen molar-refractivity contribution in [2.24, 2.45) is 0 Å². The lowest BCUT2D eigenvalue weighted by atomic mass is 10.2. The van der Waals surface area contributed by atoms with Gasteiger partial charge >= 0.3 is 0 Å². The molecule has 1 heterocycles. The third-order valence-corrected chi connectivity index (χ3v) is 2.58. The van der Waals surface area contributed by atoms with Gasteiger partial charge in [-0.25, -0.2) is 0 Å². The van der Waals surface area contributed by atoms with Crippen LogP contribution in [0.25, 0.3) is 17.0 Å². The summed E-state index contributed by atoms with van der Waals surface area (Å²) in [5.41, 5.74) is 0.692. The summed E-state index contributed by atoms with van der Waals surface area (Å²) in [5.74, 6) is 1.23. The maximum absolute atomic E-state index is 11.4. The Morgan fingerprint density at radius 1 is 1.39 bits per heavy atom. The Kier molecular flexibility index (Phi) is 3.37. The van der Waals surface area contributed by atoms with Crippen LogP contribution in [-0.2, 0) is 4.79 Å².